The number of hydrogen-bond donors (Lipinski definition) is 2. The van der Waals surface area contributed by atoms with Crippen LogP contribution in [-0.4, -0.2) is 21.5 Å². The molecule has 0 saturated carbocycles. The van der Waals surface area contributed by atoms with Crippen molar-refractivity contribution in [2.45, 2.75) is 6.36 Å². The highest BCUT2D eigenvalue weighted by molar-refractivity contribution is 6.35. The third kappa shape index (κ3) is 3.61. The number of halogens is 5. The third-order valence-electron chi connectivity index (χ3n) is 3.97. The summed E-state index contributed by atoms with van der Waals surface area (Å²) in [4.78, 5) is 3.06. The monoisotopic (exact) mass is 411 g/mol. The molecule has 0 amide bonds. The lowest BCUT2D eigenvalue weighted by molar-refractivity contribution is -0.274. The molecule has 0 atom stereocenters. The molecule has 0 saturated heterocycles. The van der Waals surface area contributed by atoms with E-state index >= 15 is 0 Å². The zero-order valence-electron chi connectivity index (χ0n) is 13.4. The fraction of sp³-hybridized carbons (Fsp3) is 0.0556. The fourth-order valence-electron chi connectivity index (χ4n) is 2.74. The highest BCUT2D eigenvalue weighted by Gasteiger charge is 2.32. The van der Waals surface area contributed by atoms with E-state index in [9.17, 15) is 13.2 Å². The molecule has 0 aliphatic heterocycles. The Labute approximate surface area is 160 Å². The molecule has 0 unspecified atom stereocenters. The normalized spacial score (nSPS) is 11.9. The van der Waals surface area contributed by atoms with Crippen LogP contribution in [0.25, 0.3) is 33.4 Å². The van der Waals surface area contributed by atoms with E-state index in [0.717, 1.165) is 28.2 Å². The summed E-state index contributed by atoms with van der Waals surface area (Å²) >= 11 is 12.0. The Balaban J connectivity index is 1.65. The zero-order chi connectivity index (χ0) is 19.2. The van der Waals surface area contributed by atoms with E-state index in [1.54, 1.807) is 12.3 Å². The average molecular weight is 412 g/mol. The van der Waals surface area contributed by atoms with E-state index in [1.807, 2.05) is 18.2 Å². The summed E-state index contributed by atoms with van der Waals surface area (Å²) in [5.74, 6) is -0.462. The van der Waals surface area contributed by atoms with Crippen molar-refractivity contribution in [1.82, 2.24) is 15.2 Å². The van der Waals surface area contributed by atoms with Gasteiger partial charge >= 0.3 is 6.36 Å². The molecule has 0 fully saturated rings. The largest absolute Gasteiger partial charge is 0.573 e. The lowest BCUT2D eigenvalue weighted by Gasteiger charge is -2.10. The first kappa shape index (κ1) is 17.8. The minimum absolute atomic E-state index is 0.158. The van der Waals surface area contributed by atoms with Crippen LogP contribution >= 0.6 is 23.2 Å². The Bertz CT molecular complexity index is 1130. The molecule has 2 aromatic heterocycles. The second kappa shape index (κ2) is 6.51. The number of nitrogens with one attached hydrogen (secondary N) is 2. The second-order valence-corrected chi connectivity index (χ2v) is 6.57. The number of aromatic nitrogens is 3. The highest BCUT2D eigenvalue weighted by Crippen LogP contribution is 2.34. The molecule has 2 aromatic carbocycles. The van der Waals surface area contributed by atoms with E-state index in [1.165, 1.54) is 12.1 Å². The first-order valence-corrected chi connectivity index (χ1v) is 8.44. The van der Waals surface area contributed by atoms with Crippen LogP contribution in [0.3, 0.4) is 0 Å². The van der Waals surface area contributed by atoms with Gasteiger partial charge in [0, 0.05) is 28.2 Å². The number of hydrogen-bond acceptors (Lipinski definition) is 2. The lowest BCUT2D eigenvalue weighted by atomic mass is 10.1. The summed E-state index contributed by atoms with van der Waals surface area (Å²) in [5, 5.41) is 8.45. The Kier molecular flexibility index (Phi) is 4.28. The van der Waals surface area contributed by atoms with Crippen molar-refractivity contribution < 1.29 is 17.9 Å². The zero-order valence-corrected chi connectivity index (χ0v) is 14.9. The highest BCUT2D eigenvalue weighted by atomic mass is 35.5. The quantitative estimate of drug-likeness (QED) is 0.408. The molecule has 4 nitrogen and oxygen atoms in total. The van der Waals surface area contributed by atoms with Gasteiger partial charge in [-0.3, -0.25) is 5.10 Å². The average Bonchev–Trinajstić information content (AvgIpc) is 3.23. The molecular formula is C18H10Cl2F3N3O. The lowest BCUT2D eigenvalue weighted by Crippen LogP contribution is -2.17. The Morgan fingerprint density at radius 3 is 2.44 bits per heavy atom. The first-order chi connectivity index (χ1) is 12.8. The van der Waals surface area contributed by atoms with Gasteiger partial charge in [0.05, 0.1) is 21.4 Å². The molecule has 2 N–H and O–H groups in total. The van der Waals surface area contributed by atoms with Crippen LogP contribution in [0.5, 0.6) is 5.75 Å². The molecule has 4 rings (SSSR count). The van der Waals surface area contributed by atoms with Gasteiger partial charge in [-0.15, -0.1) is 13.2 Å². The summed E-state index contributed by atoms with van der Waals surface area (Å²) in [5.41, 5.74) is 3.60. The van der Waals surface area contributed by atoms with Crippen LogP contribution in [0.15, 0.2) is 48.7 Å². The summed E-state index contributed by atoms with van der Waals surface area (Å²) in [7, 11) is 0. The number of nitrogens with zero attached hydrogens (tertiary/aromatic N) is 1. The maximum absolute atomic E-state index is 12.3. The molecule has 0 bridgehead atoms. The van der Waals surface area contributed by atoms with E-state index < -0.39 is 12.1 Å². The topological polar surface area (TPSA) is 53.7 Å². The van der Waals surface area contributed by atoms with Gasteiger partial charge in [0.2, 0.25) is 0 Å². The molecule has 0 aliphatic rings. The van der Waals surface area contributed by atoms with Crippen molar-refractivity contribution in [2.24, 2.45) is 0 Å². The molecule has 0 aliphatic carbocycles. The number of H-pyrrole nitrogens is 2. The van der Waals surface area contributed by atoms with E-state index in [-0.39, 0.29) is 5.02 Å². The molecule has 0 radical (unpaired) electrons. The fourth-order valence-corrected chi connectivity index (χ4v) is 3.17. The van der Waals surface area contributed by atoms with Gasteiger partial charge in [-0.2, -0.15) is 5.10 Å². The van der Waals surface area contributed by atoms with Gasteiger partial charge in [-0.1, -0.05) is 29.3 Å². The van der Waals surface area contributed by atoms with Gasteiger partial charge < -0.3 is 9.72 Å². The van der Waals surface area contributed by atoms with Gasteiger partial charge in [0.1, 0.15) is 5.75 Å². The van der Waals surface area contributed by atoms with Gasteiger partial charge in [0.15, 0.2) is 0 Å². The van der Waals surface area contributed by atoms with Crippen molar-refractivity contribution in [2.75, 3.05) is 0 Å². The number of aromatic amines is 2. The van der Waals surface area contributed by atoms with Crippen LogP contribution < -0.4 is 4.74 Å². The third-order valence-corrected chi connectivity index (χ3v) is 4.58. The van der Waals surface area contributed by atoms with E-state index in [4.69, 9.17) is 23.2 Å². The van der Waals surface area contributed by atoms with Gasteiger partial charge in [-0.25, -0.2) is 0 Å². The number of alkyl halides is 3. The Hall–Kier alpha value is -2.64. The predicted octanol–water partition coefficient (Wildman–Crippen LogP) is 6.43. The van der Waals surface area contributed by atoms with Gasteiger partial charge in [-0.05, 0) is 36.4 Å². The minimum Gasteiger partial charge on any atom is -0.404 e. The van der Waals surface area contributed by atoms with Crippen LogP contribution in [0, 0.1) is 0 Å². The summed E-state index contributed by atoms with van der Waals surface area (Å²) in [6.45, 7) is 0. The van der Waals surface area contributed by atoms with Crippen LogP contribution in [0.4, 0.5) is 13.2 Å². The predicted molar refractivity (Wildman–Crippen MR) is 98.0 cm³/mol. The molecule has 27 heavy (non-hydrogen) atoms. The van der Waals surface area contributed by atoms with Crippen molar-refractivity contribution in [1.29, 1.82) is 0 Å². The van der Waals surface area contributed by atoms with Crippen LogP contribution in [0.1, 0.15) is 0 Å². The SMILES string of the molecule is FC(F)(F)Oc1ccc(-c2cc(-c3ccc4[nH]cc(Cl)c4c3)[nH]n2)cc1Cl. The smallest absolute Gasteiger partial charge is 0.404 e. The van der Waals surface area contributed by atoms with Gasteiger partial charge in [0.25, 0.3) is 0 Å². The standard InChI is InChI=1S/C18H10Cl2F3N3O/c19-12-6-10(2-4-17(12)27-18(21,22)23)16-7-15(25-26-16)9-1-3-14-11(5-9)13(20)8-24-14/h1-8,24H,(H,25,26). The molecule has 138 valence electrons. The van der Waals surface area contributed by atoms with Crippen molar-refractivity contribution in [3.63, 3.8) is 0 Å². The minimum atomic E-state index is -4.80. The number of rotatable bonds is 3. The maximum Gasteiger partial charge on any atom is 0.573 e. The van der Waals surface area contributed by atoms with E-state index in [0.29, 0.717) is 16.3 Å². The van der Waals surface area contributed by atoms with Crippen molar-refractivity contribution >= 4 is 34.1 Å². The van der Waals surface area contributed by atoms with Crippen LogP contribution in [-0.2, 0) is 0 Å². The number of fused-ring (bicyclic) bond motifs is 1. The van der Waals surface area contributed by atoms with Crippen molar-refractivity contribution in [3.05, 3.63) is 58.7 Å². The number of ether oxygens (including phenoxy) is 1. The van der Waals surface area contributed by atoms with Crippen LogP contribution in [0.2, 0.25) is 10.0 Å². The molecule has 2 heterocycles. The summed E-state index contributed by atoms with van der Waals surface area (Å²) in [6.07, 6.45) is -3.09. The molecule has 0 spiro atoms. The molecule has 4 aromatic rings. The Morgan fingerprint density at radius 2 is 1.70 bits per heavy atom. The second-order valence-electron chi connectivity index (χ2n) is 5.76. The maximum atomic E-state index is 12.3. The Morgan fingerprint density at radius 1 is 0.926 bits per heavy atom. The molecular weight excluding hydrogens is 402 g/mol. The first-order valence-electron chi connectivity index (χ1n) is 7.68. The summed E-state index contributed by atoms with van der Waals surface area (Å²) in [6, 6.07) is 11.5. The molecule has 9 heteroatoms. The van der Waals surface area contributed by atoms with E-state index in [2.05, 4.69) is 19.9 Å². The van der Waals surface area contributed by atoms with Crippen molar-refractivity contribution in [3.8, 4) is 28.3 Å². The number of benzene rings is 2. The summed E-state index contributed by atoms with van der Waals surface area (Å²) < 4.78 is 40.9.